The molecule has 0 spiro atoms. The maximum absolute atomic E-state index is 4.42. The van der Waals surface area contributed by atoms with Crippen LogP contribution in [0.1, 0.15) is 29.4 Å². The van der Waals surface area contributed by atoms with Gasteiger partial charge in [0.05, 0.1) is 0 Å². The van der Waals surface area contributed by atoms with E-state index in [0.29, 0.717) is 6.04 Å². The van der Waals surface area contributed by atoms with Gasteiger partial charge in [0.15, 0.2) is 0 Å². The van der Waals surface area contributed by atoms with Crippen molar-refractivity contribution < 1.29 is 0 Å². The number of anilines is 1. The number of aryl methyl sites for hydroxylation is 2. The lowest BCUT2D eigenvalue weighted by molar-refractivity contribution is 0.797. The number of hydrogen-bond donors (Lipinski definition) is 1. The monoisotopic (exact) mass is 267 g/mol. The highest BCUT2D eigenvalue weighted by atomic mass is 32.1. The van der Waals surface area contributed by atoms with Crippen molar-refractivity contribution in [2.45, 2.75) is 39.7 Å². The van der Waals surface area contributed by atoms with Crippen LogP contribution in [0.4, 0.5) is 5.13 Å². The third kappa shape index (κ3) is 3.51. The Morgan fingerprint density at radius 2 is 2.24 bits per heavy atom. The summed E-state index contributed by atoms with van der Waals surface area (Å²) in [6.45, 7) is 6.40. The number of thiophene rings is 1. The molecule has 2 heterocycles. The largest absolute Gasteiger partial charge is 0.357 e. The van der Waals surface area contributed by atoms with Gasteiger partial charge in [-0.05, 0) is 26.0 Å². The average molecular weight is 267 g/mol. The first kappa shape index (κ1) is 12.5. The summed E-state index contributed by atoms with van der Waals surface area (Å²) in [5, 5.41) is 4.34. The SMILES string of the molecule is CCc1nsc(NC(C)Cc2ccc(C)s2)n1. The summed E-state index contributed by atoms with van der Waals surface area (Å²) in [6, 6.07) is 4.77. The van der Waals surface area contributed by atoms with Crippen molar-refractivity contribution in [3.63, 3.8) is 0 Å². The molecule has 0 bridgehead atoms. The van der Waals surface area contributed by atoms with E-state index in [1.54, 1.807) is 0 Å². The van der Waals surface area contributed by atoms with E-state index in [1.807, 2.05) is 11.3 Å². The lowest BCUT2D eigenvalue weighted by Gasteiger charge is -2.10. The van der Waals surface area contributed by atoms with E-state index in [-0.39, 0.29) is 0 Å². The van der Waals surface area contributed by atoms with Crippen molar-refractivity contribution in [2.24, 2.45) is 0 Å². The van der Waals surface area contributed by atoms with Gasteiger partial charge in [-0.2, -0.15) is 4.37 Å². The van der Waals surface area contributed by atoms with Gasteiger partial charge in [0.1, 0.15) is 5.82 Å². The molecule has 0 saturated heterocycles. The predicted octanol–water partition coefficient (Wildman–Crippen LogP) is 3.51. The molecule has 17 heavy (non-hydrogen) atoms. The second-order valence-corrected chi connectivity index (χ2v) is 6.26. The second kappa shape index (κ2) is 5.60. The third-order valence-corrected chi connectivity index (χ3v) is 4.16. The minimum absolute atomic E-state index is 0.394. The quantitative estimate of drug-likeness (QED) is 0.901. The Hall–Kier alpha value is -0.940. The van der Waals surface area contributed by atoms with Crippen molar-refractivity contribution in [2.75, 3.05) is 5.32 Å². The van der Waals surface area contributed by atoms with Crippen molar-refractivity contribution in [3.05, 3.63) is 27.7 Å². The summed E-state index contributed by atoms with van der Waals surface area (Å²) in [6.07, 6.45) is 1.94. The highest BCUT2D eigenvalue weighted by Gasteiger charge is 2.08. The fraction of sp³-hybridized carbons (Fsp3) is 0.500. The van der Waals surface area contributed by atoms with E-state index in [4.69, 9.17) is 0 Å². The first-order valence-corrected chi connectivity index (χ1v) is 7.40. The molecule has 1 N–H and O–H groups in total. The standard InChI is InChI=1S/C12H17N3S2/c1-4-11-14-12(17-15-11)13-8(2)7-10-6-5-9(3)16-10/h5-6,8H,4,7H2,1-3H3,(H,13,14,15). The molecule has 5 heteroatoms. The van der Waals surface area contributed by atoms with Gasteiger partial charge in [-0.25, -0.2) is 4.98 Å². The summed E-state index contributed by atoms with van der Waals surface area (Å²) in [5.41, 5.74) is 0. The number of hydrogen-bond acceptors (Lipinski definition) is 5. The normalized spacial score (nSPS) is 12.6. The Bertz CT molecular complexity index is 476. The van der Waals surface area contributed by atoms with Gasteiger partial charge in [0.25, 0.3) is 0 Å². The van der Waals surface area contributed by atoms with Crippen molar-refractivity contribution >= 4 is 28.0 Å². The van der Waals surface area contributed by atoms with Crippen LogP contribution in [-0.2, 0) is 12.8 Å². The number of rotatable bonds is 5. The van der Waals surface area contributed by atoms with Crippen LogP contribution >= 0.6 is 22.9 Å². The van der Waals surface area contributed by atoms with Crippen LogP contribution in [0.15, 0.2) is 12.1 Å². The molecule has 1 atom stereocenters. The molecular formula is C12H17N3S2. The minimum atomic E-state index is 0.394. The van der Waals surface area contributed by atoms with Crippen LogP contribution in [0.2, 0.25) is 0 Å². The van der Waals surface area contributed by atoms with Crippen molar-refractivity contribution in [1.82, 2.24) is 9.36 Å². The van der Waals surface area contributed by atoms with Crippen molar-refractivity contribution in [1.29, 1.82) is 0 Å². The van der Waals surface area contributed by atoms with Gasteiger partial charge in [0, 0.05) is 40.2 Å². The van der Waals surface area contributed by atoms with Gasteiger partial charge < -0.3 is 5.32 Å². The van der Waals surface area contributed by atoms with Crippen LogP contribution in [0, 0.1) is 6.92 Å². The molecule has 0 aliphatic carbocycles. The molecule has 92 valence electrons. The first-order valence-electron chi connectivity index (χ1n) is 5.81. The summed E-state index contributed by atoms with van der Waals surface area (Å²) in [4.78, 5) is 7.21. The number of nitrogens with zero attached hydrogens (tertiary/aromatic N) is 2. The molecule has 0 aromatic carbocycles. The van der Waals surface area contributed by atoms with Crippen LogP contribution in [-0.4, -0.2) is 15.4 Å². The van der Waals surface area contributed by atoms with Crippen LogP contribution < -0.4 is 5.32 Å². The van der Waals surface area contributed by atoms with Gasteiger partial charge in [-0.1, -0.05) is 6.92 Å². The molecule has 0 amide bonds. The van der Waals surface area contributed by atoms with Gasteiger partial charge in [-0.3, -0.25) is 0 Å². The van der Waals surface area contributed by atoms with E-state index < -0.39 is 0 Å². The van der Waals surface area contributed by atoms with E-state index in [0.717, 1.165) is 23.8 Å². The molecule has 0 saturated carbocycles. The van der Waals surface area contributed by atoms with Crippen LogP contribution in [0.3, 0.4) is 0 Å². The lowest BCUT2D eigenvalue weighted by Crippen LogP contribution is -2.17. The Labute approximate surface area is 110 Å². The molecule has 1 unspecified atom stereocenters. The summed E-state index contributed by atoms with van der Waals surface area (Å²) < 4.78 is 4.27. The lowest BCUT2D eigenvalue weighted by atomic mass is 10.2. The average Bonchev–Trinajstić information content (AvgIpc) is 2.88. The molecule has 0 radical (unpaired) electrons. The van der Waals surface area contributed by atoms with E-state index in [1.165, 1.54) is 21.3 Å². The molecule has 0 fully saturated rings. The van der Waals surface area contributed by atoms with E-state index in [9.17, 15) is 0 Å². The molecule has 2 aromatic heterocycles. The van der Waals surface area contributed by atoms with Crippen LogP contribution in [0.25, 0.3) is 0 Å². The number of aromatic nitrogens is 2. The minimum Gasteiger partial charge on any atom is -0.357 e. The summed E-state index contributed by atoms with van der Waals surface area (Å²) in [7, 11) is 0. The fourth-order valence-corrected chi connectivity index (χ4v) is 3.40. The van der Waals surface area contributed by atoms with E-state index >= 15 is 0 Å². The van der Waals surface area contributed by atoms with Gasteiger partial charge >= 0.3 is 0 Å². The fourth-order valence-electron chi connectivity index (χ4n) is 1.61. The molecule has 0 aliphatic heterocycles. The highest BCUT2D eigenvalue weighted by Crippen LogP contribution is 2.19. The maximum atomic E-state index is 4.42. The Balaban J connectivity index is 1.90. The summed E-state index contributed by atoms with van der Waals surface area (Å²) in [5.74, 6) is 0.927. The van der Waals surface area contributed by atoms with Crippen LogP contribution in [0.5, 0.6) is 0 Å². The Morgan fingerprint density at radius 1 is 1.41 bits per heavy atom. The zero-order valence-electron chi connectivity index (χ0n) is 10.4. The molecule has 2 aromatic rings. The van der Waals surface area contributed by atoms with Gasteiger partial charge in [-0.15, -0.1) is 11.3 Å². The predicted molar refractivity (Wildman–Crippen MR) is 75.1 cm³/mol. The second-order valence-electron chi connectivity index (χ2n) is 4.13. The first-order chi connectivity index (χ1) is 8.17. The Morgan fingerprint density at radius 3 is 2.82 bits per heavy atom. The zero-order valence-corrected chi connectivity index (χ0v) is 12.0. The molecular weight excluding hydrogens is 250 g/mol. The maximum Gasteiger partial charge on any atom is 0.202 e. The molecule has 0 aliphatic rings. The molecule has 3 nitrogen and oxygen atoms in total. The topological polar surface area (TPSA) is 37.8 Å². The summed E-state index contributed by atoms with van der Waals surface area (Å²) >= 11 is 3.31. The third-order valence-electron chi connectivity index (χ3n) is 2.46. The Kier molecular flexibility index (Phi) is 4.12. The zero-order chi connectivity index (χ0) is 12.3. The molecule has 2 rings (SSSR count). The van der Waals surface area contributed by atoms with Gasteiger partial charge in [0.2, 0.25) is 5.13 Å². The smallest absolute Gasteiger partial charge is 0.202 e. The van der Waals surface area contributed by atoms with E-state index in [2.05, 4.69) is 47.6 Å². The highest BCUT2D eigenvalue weighted by molar-refractivity contribution is 7.11. The number of nitrogens with one attached hydrogen (secondary N) is 1. The van der Waals surface area contributed by atoms with Crippen molar-refractivity contribution in [3.8, 4) is 0 Å².